The molecule has 0 aliphatic rings. The summed E-state index contributed by atoms with van der Waals surface area (Å²) >= 11 is 0. The van der Waals surface area contributed by atoms with Gasteiger partial charge in [0.15, 0.2) is 16.9 Å². The van der Waals surface area contributed by atoms with E-state index in [2.05, 4.69) is 9.97 Å². The number of aromatic amines is 1. The number of rotatable bonds is 8. The summed E-state index contributed by atoms with van der Waals surface area (Å²) in [5.41, 5.74) is 0.482. The fourth-order valence-corrected chi connectivity index (χ4v) is 3.13. The molecule has 3 rings (SSSR count). The summed E-state index contributed by atoms with van der Waals surface area (Å²) in [6.07, 6.45) is 1.74. The van der Waals surface area contributed by atoms with E-state index in [4.69, 9.17) is 4.74 Å². The van der Waals surface area contributed by atoms with Gasteiger partial charge in [0.2, 0.25) is 0 Å². The van der Waals surface area contributed by atoms with E-state index in [1.165, 1.54) is 11.5 Å². The largest absolute Gasteiger partial charge is 0.486 e. The molecule has 28 heavy (non-hydrogen) atoms. The molecule has 0 amide bonds. The van der Waals surface area contributed by atoms with Gasteiger partial charge in [0.1, 0.15) is 18.2 Å². The van der Waals surface area contributed by atoms with Crippen LogP contribution in [0.25, 0.3) is 11.2 Å². The van der Waals surface area contributed by atoms with E-state index in [1.54, 1.807) is 28.8 Å². The fourth-order valence-electron chi connectivity index (χ4n) is 3.13. The summed E-state index contributed by atoms with van der Waals surface area (Å²) < 4.78 is 9.07. The normalized spacial score (nSPS) is 11.1. The topological polar surface area (TPSA) is 99.0 Å². The van der Waals surface area contributed by atoms with Crippen molar-refractivity contribution in [2.75, 3.05) is 0 Å². The van der Waals surface area contributed by atoms with Gasteiger partial charge >= 0.3 is 5.69 Å². The zero-order valence-corrected chi connectivity index (χ0v) is 16.3. The van der Waals surface area contributed by atoms with E-state index in [0.717, 1.165) is 12.8 Å². The van der Waals surface area contributed by atoms with Crippen molar-refractivity contribution in [1.29, 1.82) is 0 Å². The number of imidazole rings is 1. The number of fused-ring (bicyclic) bond motifs is 1. The van der Waals surface area contributed by atoms with Crippen LogP contribution in [0, 0.1) is 0 Å². The Morgan fingerprint density at radius 1 is 1.14 bits per heavy atom. The zero-order chi connectivity index (χ0) is 20.3. The predicted molar refractivity (Wildman–Crippen MR) is 106 cm³/mol. The van der Waals surface area contributed by atoms with Gasteiger partial charge in [-0.05, 0) is 44.5 Å². The average molecular weight is 384 g/mol. The van der Waals surface area contributed by atoms with E-state index >= 15 is 0 Å². The SMILES string of the molecule is CCCCn1c(=O)[nH]c(=O)c2c1nc(COc1ccc(C(C)=O)cc1)n2CC. The number of benzene rings is 1. The van der Waals surface area contributed by atoms with E-state index < -0.39 is 11.2 Å². The van der Waals surface area contributed by atoms with Crippen LogP contribution in [0.15, 0.2) is 33.9 Å². The van der Waals surface area contributed by atoms with E-state index in [1.807, 2.05) is 13.8 Å². The number of nitrogens with one attached hydrogen (secondary N) is 1. The number of carbonyl (C=O) groups is 1. The highest BCUT2D eigenvalue weighted by Gasteiger charge is 2.18. The maximum Gasteiger partial charge on any atom is 0.330 e. The Kier molecular flexibility index (Phi) is 5.77. The van der Waals surface area contributed by atoms with Gasteiger partial charge in [-0.15, -0.1) is 0 Å². The first-order valence-electron chi connectivity index (χ1n) is 9.42. The fraction of sp³-hybridized carbons (Fsp3) is 0.400. The molecule has 0 aliphatic heterocycles. The molecular formula is C20H24N4O4. The van der Waals surface area contributed by atoms with Crippen LogP contribution in [-0.2, 0) is 19.7 Å². The molecular weight excluding hydrogens is 360 g/mol. The Balaban J connectivity index is 1.96. The Hall–Kier alpha value is -3.16. The minimum absolute atomic E-state index is 0.0106. The van der Waals surface area contributed by atoms with Crippen molar-refractivity contribution in [3.63, 3.8) is 0 Å². The first-order chi connectivity index (χ1) is 13.5. The van der Waals surface area contributed by atoms with Crippen molar-refractivity contribution < 1.29 is 9.53 Å². The molecule has 0 fully saturated rings. The molecule has 0 aliphatic carbocycles. The molecule has 0 unspecified atom stereocenters. The summed E-state index contributed by atoms with van der Waals surface area (Å²) in [7, 11) is 0. The van der Waals surface area contributed by atoms with Gasteiger partial charge in [-0.2, -0.15) is 0 Å². The van der Waals surface area contributed by atoms with Crippen molar-refractivity contribution in [1.82, 2.24) is 19.1 Å². The summed E-state index contributed by atoms with van der Waals surface area (Å²) in [5, 5.41) is 0. The highest BCUT2D eigenvalue weighted by molar-refractivity contribution is 5.94. The standard InChI is InChI=1S/C20H24N4O4/c1-4-6-11-24-18-17(19(26)22-20(24)27)23(5-2)16(21-18)12-28-15-9-7-14(8-10-15)13(3)25/h7-10H,4-6,11-12H2,1-3H3,(H,22,26,27). The Morgan fingerprint density at radius 3 is 2.46 bits per heavy atom. The van der Waals surface area contributed by atoms with Crippen LogP contribution in [0.1, 0.15) is 49.8 Å². The molecule has 0 atom stereocenters. The maximum atomic E-state index is 12.4. The number of nitrogens with zero attached hydrogens (tertiary/aromatic N) is 3. The quantitative estimate of drug-likeness (QED) is 0.602. The van der Waals surface area contributed by atoms with Crippen LogP contribution in [0.5, 0.6) is 5.75 Å². The Bertz CT molecular complexity index is 1110. The lowest BCUT2D eigenvalue weighted by Gasteiger charge is -2.08. The minimum atomic E-state index is -0.445. The minimum Gasteiger partial charge on any atom is -0.486 e. The van der Waals surface area contributed by atoms with Crippen molar-refractivity contribution in [3.05, 3.63) is 56.5 Å². The first-order valence-corrected chi connectivity index (χ1v) is 9.42. The molecule has 0 radical (unpaired) electrons. The van der Waals surface area contributed by atoms with Crippen LogP contribution in [0.3, 0.4) is 0 Å². The number of aromatic nitrogens is 4. The second-order valence-corrected chi connectivity index (χ2v) is 6.58. The molecule has 8 heteroatoms. The van der Waals surface area contributed by atoms with Crippen LogP contribution >= 0.6 is 0 Å². The monoisotopic (exact) mass is 384 g/mol. The second-order valence-electron chi connectivity index (χ2n) is 6.58. The number of unbranched alkanes of at least 4 members (excludes halogenated alkanes) is 1. The van der Waals surface area contributed by atoms with Crippen LogP contribution in [-0.4, -0.2) is 24.9 Å². The van der Waals surface area contributed by atoms with Gasteiger partial charge in [-0.3, -0.25) is 19.1 Å². The molecule has 1 aromatic carbocycles. The molecule has 3 aromatic rings. The van der Waals surface area contributed by atoms with Gasteiger partial charge in [0.05, 0.1) is 0 Å². The average Bonchev–Trinajstić information content (AvgIpc) is 3.05. The smallest absolute Gasteiger partial charge is 0.330 e. The zero-order valence-electron chi connectivity index (χ0n) is 16.3. The third-order valence-corrected chi connectivity index (χ3v) is 4.64. The van der Waals surface area contributed by atoms with Gasteiger partial charge in [-0.1, -0.05) is 13.3 Å². The number of hydrogen-bond acceptors (Lipinski definition) is 5. The van der Waals surface area contributed by atoms with Crippen LogP contribution in [0.2, 0.25) is 0 Å². The molecule has 0 saturated heterocycles. The number of Topliss-reactive ketones (excluding diaryl/α,β-unsaturated/α-hetero) is 1. The lowest BCUT2D eigenvalue weighted by Crippen LogP contribution is -2.31. The third kappa shape index (κ3) is 3.76. The maximum absolute atomic E-state index is 12.4. The van der Waals surface area contributed by atoms with Crippen molar-refractivity contribution in [2.45, 2.75) is 53.3 Å². The third-order valence-electron chi connectivity index (χ3n) is 4.64. The van der Waals surface area contributed by atoms with E-state index in [0.29, 0.717) is 41.4 Å². The second kappa shape index (κ2) is 8.24. The summed E-state index contributed by atoms with van der Waals surface area (Å²) in [5.74, 6) is 1.15. The molecule has 0 saturated carbocycles. The number of H-pyrrole nitrogens is 1. The summed E-state index contributed by atoms with van der Waals surface area (Å²) in [6.45, 7) is 6.62. The molecule has 0 bridgehead atoms. The van der Waals surface area contributed by atoms with Gasteiger partial charge in [-0.25, -0.2) is 9.78 Å². The molecule has 148 valence electrons. The molecule has 2 heterocycles. The first kappa shape index (κ1) is 19.6. The molecule has 8 nitrogen and oxygen atoms in total. The summed E-state index contributed by atoms with van der Waals surface area (Å²) in [4.78, 5) is 42.9. The molecule has 0 spiro atoms. The molecule has 2 aromatic heterocycles. The number of hydrogen-bond donors (Lipinski definition) is 1. The number of ether oxygens (including phenoxy) is 1. The Morgan fingerprint density at radius 2 is 1.86 bits per heavy atom. The van der Waals surface area contributed by atoms with Crippen molar-refractivity contribution in [3.8, 4) is 5.75 Å². The highest BCUT2D eigenvalue weighted by Crippen LogP contribution is 2.17. The van der Waals surface area contributed by atoms with Crippen LogP contribution in [0.4, 0.5) is 0 Å². The van der Waals surface area contributed by atoms with E-state index in [9.17, 15) is 14.4 Å². The van der Waals surface area contributed by atoms with Gasteiger partial charge < -0.3 is 9.30 Å². The van der Waals surface area contributed by atoms with Crippen LogP contribution < -0.4 is 16.0 Å². The van der Waals surface area contributed by atoms with Gasteiger partial charge in [0, 0.05) is 18.7 Å². The van der Waals surface area contributed by atoms with Gasteiger partial charge in [0.25, 0.3) is 5.56 Å². The summed E-state index contributed by atoms with van der Waals surface area (Å²) in [6, 6.07) is 6.85. The number of aryl methyl sites for hydroxylation is 2. The predicted octanol–water partition coefficient (Wildman–Crippen LogP) is 2.49. The Labute approximate surface area is 161 Å². The number of ketones is 1. The lowest BCUT2D eigenvalue weighted by molar-refractivity contribution is 0.101. The van der Waals surface area contributed by atoms with Crippen molar-refractivity contribution in [2.24, 2.45) is 0 Å². The molecule has 1 N–H and O–H groups in total. The highest BCUT2D eigenvalue weighted by atomic mass is 16.5. The number of carbonyl (C=O) groups excluding carboxylic acids is 1. The van der Waals surface area contributed by atoms with Crippen molar-refractivity contribution >= 4 is 16.9 Å². The van der Waals surface area contributed by atoms with E-state index in [-0.39, 0.29) is 12.4 Å². The lowest BCUT2D eigenvalue weighted by atomic mass is 10.1.